The van der Waals surface area contributed by atoms with Crippen molar-refractivity contribution in [1.82, 2.24) is 0 Å². The fourth-order valence-corrected chi connectivity index (χ4v) is 17.3. The summed E-state index contributed by atoms with van der Waals surface area (Å²) in [5, 5.41) is 5.29. The number of rotatable bonds is 7. The molecule has 13 aromatic carbocycles. The van der Waals surface area contributed by atoms with E-state index in [1.54, 1.807) is 0 Å². The molecule has 0 saturated heterocycles. The van der Waals surface area contributed by atoms with Gasteiger partial charge in [0.15, 0.2) is 0 Å². The van der Waals surface area contributed by atoms with Gasteiger partial charge in [-0.2, -0.15) is 0 Å². The topological polar surface area (TPSA) is 3.24 Å². The number of thiophene rings is 2. The summed E-state index contributed by atoms with van der Waals surface area (Å²) in [6.07, 6.45) is 0. The quantitative estimate of drug-likeness (QED) is 0.154. The Balaban J connectivity index is 0.780. The zero-order valence-electron chi connectivity index (χ0n) is 45.1. The predicted octanol–water partition coefficient (Wildman–Crippen LogP) is 21.9. The van der Waals surface area contributed by atoms with E-state index >= 15 is 0 Å². The Morgan fingerprint density at radius 2 is 0.675 bits per heavy atom. The lowest BCUT2D eigenvalue weighted by Gasteiger charge is -2.35. The van der Waals surface area contributed by atoms with Gasteiger partial charge in [0.1, 0.15) is 0 Å². The number of para-hydroxylation sites is 1. The second-order valence-corrected chi connectivity index (χ2v) is 24.8. The van der Waals surface area contributed by atoms with Crippen LogP contribution in [-0.4, -0.2) is 0 Å². The van der Waals surface area contributed by atoms with Gasteiger partial charge in [0.05, 0.1) is 10.8 Å². The summed E-state index contributed by atoms with van der Waals surface area (Å²) < 4.78 is 5.30. The van der Waals surface area contributed by atoms with Crippen LogP contribution < -0.4 is 4.90 Å². The lowest BCUT2D eigenvalue weighted by molar-refractivity contribution is 0.769. The van der Waals surface area contributed by atoms with Crippen molar-refractivity contribution in [2.75, 3.05) is 4.90 Å². The minimum atomic E-state index is -0.577. The average molecular weight is 1090 g/mol. The second-order valence-electron chi connectivity index (χ2n) is 22.6. The summed E-state index contributed by atoms with van der Waals surface area (Å²) in [6, 6.07) is 112. The van der Waals surface area contributed by atoms with Crippen LogP contribution >= 0.6 is 22.7 Å². The maximum Gasteiger partial charge on any atom is 0.0725 e. The van der Waals surface area contributed by atoms with Crippen molar-refractivity contribution >= 4 is 80.1 Å². The number of nitrogens with zero attached hydrogens (tertiary/aromatic N) is 1. The Bertz CT molecular complexity index is 5080. The molecule has 18 rings (SSSR count). The molecule has 0 N–H and O–H groups in total. The maximum atomic E-state index is 2.54. The van der Waals surface area contributed by atoms with Gasteiger partial charge in [0.2, 0.25) is 0 Å². The zero-order chi connectivity index (χ0) is 54.4. The van der Waals surface area contributed by atoms with Gasteiger partial charge >= 0.3 is 0 Å². The molecule has 3 aliphatic carbocycles. The molecule has 15 aromatic rings. The van der Waals surface area contributed by atoms with Gasteiger partial charge in [-0.05, 0) is 185 Å². The van der Waals surface area contributed by atoms with Crippen LogP contribution in [0.25, 0.3) is 96.0 Å². The van der Waals surface area contributed by atoms with E-state index in [0.717, 1.165) is 17.1 Å². The van der Waals surface area contributed by atoms with E-state index in [9.17, 15) is 0 Å². The number of hydrogen-bond donors (Lipinski definition) is 0. The highest BCUT2D eigenvalue weighted by Crippen LogP contribution is 2.64. The Labute approximate surface area is 489 Å². The van der Waals surface area contributed by atoms with Crippen molar-refractivity contribution < 1.29 is 0 Å². The van der Waals surface area contributed by atoms with Crippen LogP contribution in [0.15, 0.2) is 297 Å². The Morgan fingerprint density at radius 1 is 0.217 bits per heavy atom. The molecule has 2 heterocycles. The zero-order valence-corrected chi connectivity index (χ0v) is 46.7. The number of benzene rings is 13. The SMILES string of the molecule is c1ccc(N(c2ccc(C3(c4cccc(-c5ccc6sc7ccccc7c6c5)c4)c4ccccc4-c4ccccc43)cc2)c2cccc(-c3ccc4c(c3)C3(c5ccccc5-c5ccccc53)c3cc5c(cc3-4)sc3ccccc35)c2)cc1. The van der Waals surface area contributed by atoms with Crippen LogP contribution in [0.1, 0.15) is 44.5 Å². The number of anilines is 3. The van der Waals surface area contributed by atoms with E-state index in [1.165, 1.54) is 140 Å². The highest BCUT2D eigenvalue weighted by molar-refractivity contribution is 7.26. The largest absolute Gasteiger partial charge is 0.310 e. The summed E-state index contributed by atoms with van der Waals surface area (Å²) in [5.74, 6) is 0. The first-order chi connectivity index (χ1) is 41.1. The Morgan fingerprint density at radius 3 is 1.34 bits per heavy atom. The van der Waals surface area contributed by atoms with Crippen molar-refractivity contribution in [3.63, 3.8) is 0 Å². The van der Waals surface area contributed by atoms with Crippen LogP contribution in [-0.2, 0) is 10.8 Å². The third-order valence-electron chi connectivity index (χ3n) is 18.6. The summed E-state index contributed by atoms with van der Waals surface area (Å²) in [6.45, 7) is 0. The molecule has 3 heteroatoms. The van der Waals surface area contributed by atoms with Gasteiger partial charge in [-0.25, -0.2) is 0 Å². The highest BCUT2D eigenvalue weighted by Gasteiger charge is 2.52. The van der Waals surface area contributed by atoms with Gasteiger partial charge in [-0.15, -0.1) is 22.7 Å². The summed E-state index contributed by atoms with van der Waals surface area (Å²) >= 11 is 3.77. The molecule has 386 valence electrons. The van der Waals surface area contributed by atoms with E-state index in [2.05, 4.69) is 302 Å². The fourth-order valence-electron chi connectivity index (χ4n) is 15.1. The molecule has 0 unspecified atom stereocenters. The monoisotopic (exact) mass is 1090 g/mol. The van der Waals surface area contributed by atoms with Crippen molar-refractivity contribution in [2.45, 2.75) is 10.8 Å². The van der Waals surface area contributed by atoms with E-state index in [1.807, 2.05) is 22.7 Å². The van der Waals surface area contributed by atoms with E-state index < -0.39 is 10.8 Å². The molecule has 0 amide bonds. The van der Waals surface area contributed by atoms with Crippen LogP contribution in [0.2, 0.25) is 0 Å². The first-order valence-electron chi connectivity index (χ1n) is 28.7. The normalized spacial score (nSPS) is 13.7. The van der Waals surface area contributed by atoms with Gasteiger partial charge < -0.3 is 4.90 Å². The molecule has 0 radical (unpaired) electrons. The first-order valence-corrected chi connectivity index (χ1v) is 30.3. The molecule has 1 spiro atoms. The van der Waals surface area contributed by atoms with Crippen molar-refractivity contribution in [1.29, 1.82) is 0 Å². The maximum absolute atomic E-state index is 2.54. The lowest BCUT2D eigenvalue weighted by Crippen LogP contribution is -2.28. The smallest absolute Gasteiger partial charge is 0.0725 e. The minimum Gasteiger partial charge on any atom is -0.310 e. The van der Waals surface area contributed by atoms with Gasteiger partial charge in [0.25, 0.3) is 0 Å². The number of hydrogen-bond acceptors (Lipinski definition) is 3. The van der Waals surface area contributed by atoms with Gasteiger partial charge in [-0.1, -0.05) is 212 Å². The molecule has 0 aliphatic heterocycles. The fraction of sp³-hybridized carbons (Fsp3) is 0.0250. The van der Waals surface area contributed by atoms with E-state index in [-0.39, 0.29) is 0 Å². The van der Waals surface area contributed by atoms with E-state index in [4.69, 9.17) is 0 Å². The van der Waals surface area contributed by atoms with E-state index in [0.29, 0.717) is 0 Å². The van der Waals surface area contributed by atoms with Crippen LogP contribution in [0.5, 0.6) is 0 Å². The average Bonchev–Trinajstić information content (AvgIpc) is 1.59. The van der Waals surface area contributed by atoms with Gasteiger partial charge in [-0.3, -0.25) is 0 Å². The Kier molecular flexibility index (Phi) is 10.0. The molecule has 0 fully saturated rings. The summed E-state index contributed by atoms with van der Waals surface area (Å²) in [5.41, 5.74) is 25.4. The lowest BCUT2D eigenvalue weighted by atomic mass is 9.67. The first kappa shape index (κ1) is 46.8. The molecule has 2 aromatic heterocycles. The third-order valence-corrected chi connectivity index (χ3v) is 20.8. The van der Waals surface area contributed by atoms with Crippen molar-refractivity contribution in [2.24, 2.45) is 0 Å². The van der Waals surface area contributed by atoms with Crippen LogP contribution in [0.3, 0.4) is 0 Å². The molecular weight excluding hydrogens is 1040 g/mol. The summed E-state index contributed by atoms with van der Waals surface area (Å²) in [4.78, 5) is 2.42. The molecule has 3 aliphatic rings. The van der Waals surface area contributed by atoms with Crippen LogP contribution in [0.4, 0.5) is 17.1 Å². The minimum absolute atomic E-state index is 0.479. The standard InChI is InChI=1S/C80H49NS2/c1-2-21-56(22-3-1)81(57-40-38-54(39-41-57)79(69-30-10-4-24-59(69)60-25-5-11-31-70(60)79)55-20-16-18-50(44-55)52-37-43-77-67(46-52)64-28-8-14-34-75(64)82-77)58-23-17-19-51(45-58)53-36-42-63-66-49-78-68(65-29-9-15-35-76(65)83-78)48-74(66)80(73(63)47-53)71-32-12-6-26-61(71)62-27-7-13-33-72(62)80/h1-49H. The Hall–Kier alpha value is -9.90. The van der Waals surface area contributed by atoms with Crippen molar-refractivity contribution in [3.8, 4) is 55.6 Å². The number of fused-ring (bicyclic) bond motifs is 19. The summed E-state index contributed by atoms with van der Waals surface area (Å²) in [7, 11) is 0. The molecule has 0 saturated carbocycles. The second kappa shape index (κ2) is 17.8. The van der Waals surface area contributed by atoms with Crippen LogP contribution in [0, 0.1) is 0 Å². The molecular formula is C80H49NS2. The predicted molar refractivity (Wildman–Crippen MR) is 351 cm³/mol. The third kappa shape index (κ3) is 6.58. The molecule has 83 heavy (non-hydrogen) atoms. The molecule has 0 bridgehead atoms. The molecule has 0 atom stereocenters. The highest BCUT2D eigenvalue weighted by atomic mass is 32.1. The van der Waals surface area contributed by atoms with Gasteiger partial charge in [0, 0.05) is 57.4 Å². The van der Waals surface area contributed by atoms with Crippen molar-refractivity contribution in [3.05, 3.63) is 342 Å². The molecule has 1 nitrogen and oxygen atoms in total.